The molecule has 3 aromatic carbocycles. The fourth-order valence-corrected chi connectivity index (χ4v) is 3.95. The highest BCUT2D eigenvalue weighted by molar-refractivity contribution is 6.09. The van der Waals surface area contributed by atoms with Gasteiger partial charge in [-0.05, 0) is 50.2 Å². The zero-order valence-corrected chi connectivity index (χ0v) is 18.2. The van der Waals surface area contributed by atoms with Crippen LogP contribution in [-0.2, 0) is 11.3 Å². The molecule has 160 valence electrons. The maximum atomic E-state index is 12.8. The summed E-state index contributed by atoms with van der Waals surface area (Å²) in [6.45, 7) is 4.89. The Bertz CT molecular complexity index is 1250. The maximum Gasteiger partial charge on any atom is 0.246 e. The summed E-state index contributed by atoms with van der Waals surface area (Å²) in [7, 11) is 3.16. The normalized spacial score (nSPS) is 12.0. The van der Waals surface area contributed by atoms with E-state index < -0.39 is 6.04 Å². The molecular formula is C25H27N3O3. The van der Waals surface area contributed by atoms with Crippen molar-refractivity contribution in [2.24, 2.45) is 0 Å². The highest BCUT2D eigenvalue weighted by atomic mass is 16.5. The minimum atomic E-state index is -0.451. The maximum absolute atomic E-state index is 12.8. The lowest BCUT2D eigenvalue weighted by Crippen LogP contribution is -2.32. The molecule has 0 spiro atoms. The predicted octanol–water partition coefficient (Wildman–Crippen LogP) is 5.27. The van der Waals surface area contributed by atoms with Crippen molar-refractivity contribution in [2.75, 3.05) is 24.9 Å². The van der Waals surface area contributed by atoms with E-state index in [1.54, 1.807) is 32.4 Å². The number of nitrogens with one attached hydrogen (secondary N) is 2. The van der Waals surface area contributed by atoms with Crippen molar-refractivity contribution in [2.45, 2.75) is 26.4 Å². The third-order valence-electron chi connectivity index (χ3n) is 5.53. The second-order valence-electron chi connectivity index (χ2n) is 7.41. The standard InChI is InChI=1S/C25H27N3O3/c1-5-28-22-9-7-6-8-19(22)20-14-17(10-12-23(20)28)26-16(2)25(29)27-21-15-18(30-3)11-13-24(21)31-4/h6-16,26H,5H2,1-4H3,(H,27,29). The summed E-state index contributed by atoms with van der Waals surface area (Å²) in [5.41, 5.74) is 3.87. The van der Waals surface area contributed by atoms with Gasteiger partial charge in [-0.3, -0.25) is 4.79 Å². The van der Waals surface area contributed by atoms with Crippen molar-refractivity contribution < 1.29 is 14.3 Å². The quantitative estimate of drug-likeness (QED) is 0.430. The number of amides is 1. The number of para-hydroxylation sites is 1. The second-order valence-corrected chi connectivity index (χ2v) is 7.41. The van der Waals surface area contributed by atoms with Gasteiger partial charge in [-0.1, -0.05) is 18.2 Å². The molecule has 1 aromatic heterocycles. The Labute approximate surface area is 181 Å². The Hall–Kier alpha value is -3.67. The second kappa shape index (κ2) is 8.60. The average Bonchev–Trinajstić information content (AvgIpc) is 3.12. The van der Waals surface area contributed by atoms with Crippen molar-refractivity contribution in [3.8, 4) is 11.5 Å². The average molecular weight is 418 g/mol. The molecule has 0 saturated heterocycles. The Morgan fingerprint density at radius 2 is 1.74 bits per heavy atom. The lowest BCUT2D eigenvalue weighted by Gasteiger charge is -2.17. The van der Waals surface area contributed by atoms with Crippen LogP contribution in [0.1, 0.15) is 13.8 Å². The van der Waals surface area contributed by atoms with Crippen molar-refractivity contribution in [1.29, 1.82) is 0 Å². The number of benzene rings is 3. The molecule has 0 fully saturated rings. The van der Waals surface area contributed by atoms with Gasteiger partial charge in [-0.15, -0.1) is 0 Å². The Morgan fingerprint density at radius 3 is 2.48 bits per heavy atom. The molecule has 0 aliphatic carbocycles. The van der Waals surface area contributed by atoms with Gasteiger partial charge in [0.1, 0.15) is 17.5 Å². The molecule has 31 heavy (non-hydrogen) atoms. The number of carbonyl (C=O) groups excluding carboxylic acids is 1. The zero-order chi connectivity index (χ0) is 22.0. The first kappa shape index (κ1) is 20.6. The summed E-state index contributed by atoms with van der Waals surface area (Å²) in [4.78, 5) is 12.8. The van der Waals surface area contributed by atoms with Crippen molar-refractivity contribution in [3.63, 3.8) is 0 Å². The smallest absolute Gasteiger partial charge is 0.246 e. The van der Waals surface area contributed by atoms with Gasteiger partial charge < -0.3 is 24.7 Å². The van der Waals surface area contributed by atoms with Gasteiger partial charge in [0.2, 0.25) is 5.91 Å². The summed E-state index contributed by atoms with van der Waals surface area (Å²) in [5, 5.41) is 8.62. The minimum Gasteiger partial charge on any atom is -0.497 e. The molecule has 0 saturated carbocycles. The first-order chi connectivity index (χ1) is 15.0. The molecule has 4 rings (SSSR count). The molecule has 6 heteroatoms. The highest BCUT2D eigenvalue weighted by Gasteiger charge is 2.17. The van der Waals surface area contributed by atoms with Crippen LogP contribution in [-0.4, -0.2) is 30.7 Å². The highest BCUT2D eigenvalue weighted by Crippen LogP contribution is 2.32. The van der Waals surface area contributed by atoms with Crippen molar-refractivity contribution >= 4 is 39.1 Å². The SMILES string of the molecule is CCn1c2ccccc2c2cc(NC(C)C(=O)Nc3cc(OC)ccc3OC)ccc21. The monoisotopic (exact) mass is 417 g/mol. The van der Waals surface area contributed by atoms with Gasteiger partial charge >= 0.3 is 0 Å². The topological polar surface area (TPSA) is 64.5 Å². The van der Waals surface area contributed by atoms with E-state index in [4.69, 9.17) is 9.47 Å². The molecule has 0 aliphatic rings. The Morgan fingerprint density at radius 1 is 0.968 bits per heavy atom. The largest absolute Gasteiger partial charge is 0.497 e. The number of nitrogens with zero attached hydrogens (tertiary/aromatic N) is 1. The van der Waals surface area contributed by atoms with E-state index in [0.717, 1.165) is 12.2 Å². The summed E-state index contributed by atoms with van der Waals surface area (Å²) >= 11 is 0. The van der Waals surface area contributed by atoms with Crippen molar-refractivity contribution in [1.82, 2.24) is 4.57 Å². The summed E-state index contributed by atoms with van der Waals surface area (Å²) < 4.78 is 12.9. The summed E-state index contributed by atoms with van der Waals surface area (Å²) in [6.07, 6.45) is 0. The predicted molar refractivity (Wildman–Crippen MR) is 126 cm³/mol. The first-order valence-corrected chi connectivity index (χ1v) is 10.4. The lowest BCUT2D eigenvalue weighted by atomic mass is 10.1. The van der Waals surface area contributed by atoms with Crippen LogP contribution in [0.3, 0.4) is 0 Å². The fraction of sp³-hybridized carbons (Fsp3) is 0.240. The van der Waals surface area contributed by atoms with Gasteiger partial charge in [-0.25, -0.2) is 0 Å². The van der Waals surface area contributed by atoms with Crippen LogP contribution in [0.25, 0.3) is 21.8 Å². The molecule has 1 amide bonds. The molecule has 1 atom stereocenters. The minimum absolute atomic E-state index is 0.164. The number of fused-ring (bicyclic) bond motifs is 3. The zero-order valence-electron chi connectivity index (χ0n) is 18.2. The number of hydrogen-bond donors (Lipinski definition) is 2. The van der Waals surface area contributed by atoms with E-state index in [0.29, 0.717) is 17.2 Å². The summed E-state index contributed by atoms with van der Waals surface area (Å²) in [6, 6.07) is 19.5. The summed E-state index contributed by atoms with van der Waals surface area (Å²) in [5.74, 6) is 1.06. The molecule has 6 nitrogen and oxygen atoms in total. The van der Waals surface area contributed by atoms with E-state index in [-0.39, 0.29) is 5.91 Å². The first-order valence-electron chi connectivity index (χ1n) is 10.4. The van der Waals surface area contributed by atoms with Crippen LogP contribution in [0, 0.1) is 0 Å². The third kappa shape index (κ3) is 3.89. The van der Waals surface area contributed by atoms with Crippen molar-refractivity contribution in [3.05, 3.63) is 60.7 Å². The number of ether oxygens (including phenoxy) is 2. The van der Waals surface area contributed by atoms with Crippen LogP contribution >= 0.6 is 0 Å². The van der Waals surface area contributed by atoms with Crippen LogP contribution in [0.15, 0.2) is 60.7 Å². The van der Waals surface area contributed by atoms with Crippen LogP contribution in [0.5, 0.6) is 11.5 Å². The van der Waals surface area contributed by atoms with Gasteiger partial charge in [0, 0.05) is 40.1 Å². The number of anilines is 2. The molecule has 1 unspecified atom stereocenters. The molecule has 0 radical (unpaired) electrons. The molecule has 4 aromatic rings. The van der Waals surface area contributed by atoms with Gasteiger partial charge in [-0.2, -0.15) is 0 Å². The molecule has 2 N–H and O–H groups in total. The van der Waals surface area contributed by atoms with Gasteiger partial charge in [0.25, 0.3) is 0 Å². The van der Waals surface area contributed by atoms with E-state index in [9.17, 15) is 4.79 Å². The van der Waals surface area contributed by atoms with E-state index >= 15 is 0 Å². The van der Waals surface area contributed by atoms with E-state index in [1.165, 1.54) is 21.8 Å². The van der Waals surface area contributed by atoms with Gasteiger partial charge in [0.15, 0.2) is 0 Å². The molecular weight excluding hydrogens is 390 g/mol. The number of carbonyl (C=O) groups is 1. The Kier molecular flexibility index (Phi) is 5.71. The van der Waals surface area contributed by atoms with E-state index in [1.807, 2.05) is 13.0 Å². The third-order valence-corrected chi connectivity index (χ3v) is 5.53. The Balaban J connectivity index is 1.58. The number of methoxy groups -OCH3 is 2. The van der Waals surface area contributed by atoms with Crippen LogP contribution in [0.4, 0.5) is 11.4 Å². The van der Waals surface area contributed by atoms with Crippen LogP contribution < -0.4 is 20.1 Å². The van der Waals surface area contributed by atoms with Crippen LogP contribution in [0.2, 0.25) is 0 Å². The number of aromatic nitrogens is 1. The van der Waals surface area contributed by atoms with E-state index in [2.05, 4.69) is 58.5 Å². The number of hydrogen-bond acceptors (Lipinski definition) is 4. The van der Waals surface area contributed by atoms with Gasteiger partial charge in [0.05, 0.1) is 19.9 Å². The molecule has 0 aliphatic heterocycles. The lowest BCUT2D eigenvalue weighted by molar-refractivity contribution is -0.116. The number of rotatable bonds is 7. The number of aryl methyl sites for hydroxylation is 1. The molecule has 1 heterocycles. The fourth-order valence-electron chi connectivity index (χ4n) is 3.95. The molecule has 0 bridgehead atoms.